The molecule has 0 aliphatic rings. The Balaban J connectivity index is 1.41. The summed E-state index contributed by atoms with van der Waals surface area (Å²) in [4.78, 5) is 31.2. The van der Waals surface area contributed by atoms with E-state index in [0.717, 1.165) is 31.7 Å². The van der Waals surface area contributed by atoms with Gasteiger partial charge in [0, 0.05) is 39.8 Å². The number of amides is 1. The molecule has 3 N–H and O–H groups in total. The maximum absolute atomic E-state index is 12.9. The molecule has 1 amide bonds. The molecule has 0 saturated carbocycles. The molecule has 2 aromatic heterocycles. The molecule has 0 fully saturated rings. The molecule has 2 aromatic carbocycles. The molecule has 0 bridgehead atoms. The topological polar surface area (TPSA) is 94.3 Å². The molecular weight excluding hydrogens is 434 g/mol. The molecule has 0 aliphatic carbocycles. The van der Waals surface area contributed by atoms with Crippen LogP contribution in [0.4, 0.5) is 5.69 Å². The number of nitrogens with one attached hydrogen (secondary N) is 1. The highest BCUT2D eigenvalue weighted by atomic mass is 32.1. The number of carbonyl (C=O) groups is 2. The summed E-state index contributed by atoms with van der Waals surface area (Å²) in [6, 6.07) is 16.9. The number of fused-ring (bicyclic) bond motifs is 1. The normalized spacial score (nSPS) is 11.8. The lowest BCUT2D eigenvalue weighted by Crippen LogP contribution is -2.26. The number of rotatable bonds is 7. The predicted molar refractivity (Wildman–Crippen MR) is 132 cm³/mol. The highest BCUT2D eigenvalue weighted by molar-refractivity contribution is 7.12. The summed E-state index contributed by atoms with van der Waals surface area (Å²) in [5.41, 5.74) is 9.18. The van der Waals surface area contributed by atoms with Gasteiger partial charge in [-0.25, -0.2) is 4.79 Å². The summed E-state index contributed by atoms with van der Waals surface area (Å²) >= 11 is 1.42. The Bertz CT molecular complexity index is 1320. The van der Waals surface area contributed by atoms with Crippen molar-refractivity contribution in [3.05, 3.63) is 93.4 Å². The van der Waals surface area contributed by atoms with Crippen molar-refractivity contribution < 1.29 is 14.3 Å². The molecular formula is C26H25N3O3S. The van der Waals surface area contributed by atoms with Gasteiger partial charge >= 0.3 is 5.97 Å². The van der Waals surface area contributed by atoms with Crippen molar-refractivity contribution in [3.8, 4) is 0 Å². The van der Waals surface area contributed by atoms with Gasteiger partial charge in [-0.15, -0.1) is 11.3 Å². The Morgan fingerprint density at radius 2 is 1.91 bits per heavy atom. The number of aromatic nitrogens is 1. The first-order valence-electron chi connectivity index (χ1n) is 10.6. The van der Waals surface area contributed by atoms with Crippen molar-refractivity contribution in [2.24, 2.45) is 5.73 Å². The van der Waals surface area contributed by atoms with Gasteiger partial charge in [-0.05, 0) is 61.2 Å². The van der Waals surface area contributed by atoms with Crippen LogP contribution in [0.15, 0.2) is 67.0 Å². The first-order chi connectivity index (χ1) is 15.9. The Morgan fingerprint density at radius 1 is 1.06 bits per heavy atom. The van der Waals surface area contributed by atoms with E-state index in [1.54, 1.807) is 18.5 Å². The molecule has 6 nitrogen and oxygen atoms in total. The standard InChI is InChI=1S/C26H25N3O3S/c1-16-3-7-22(17(2)11-16)26(31)32-15-21-6-8-24(33-21)23(13-27)25(30)29-20-5-4-19-14-28-10-9-18(19)12-20/h3-12,14,23H,13,15,27H2,1-2H3,(H,29,30). The van der Waals surface area contributed by atoms with Crippen molar-refractivity contribution >= 4 is 39.7 Å². The summed E-state index contributed by atoms with van der Waals surface area (Å²) < 4.78 is 5.49. The molecule has 168 valence electrons. The minimum Gasteiger partial charge on any atom is -0.456 e. The lowest BCUT2D eigenvalue weighted by molar-refractivity contribution is -0.117. The molecule has 0 saturated heterocycles. The molecule has 1 atom stereocenters. The van der Waals surface area contributed by atoms with Crippen molar-refractivity contribution in [3.63, 3.8) is 0 Å². The first-order valence-corrected chi connectivity index (χ1v) is 11.4. The third kappa shape index (κ3) is 5.27. The van der Waals surface area contributed by atoms with Gasteiger partial charge in [0.05, 0.1) is 11.5 Å². The van der Waals surface area contributed by atoms with Gasteiger partial charge in [-0.2, -0.15) is 0 Å². The van der Waals surface area contributed by atoms with Crippen LogP contribution in [0.2, 0.25) is 0 Å². The van der Waals surface area contributed by atoms with E-state index in [2.05, 4.69) is 10.3 Å². The Labute approximate surface area is 196 Å². The molecule has 4 rings (SSSR count). The highest BCUT2D eigenvalue weighted by Crippen LogP contribution is 2.27. The van der Waals surface area contributed by atoms with Crippen LogP contribution < -0.4 is 11.1 Å². The van der Waals surface area contributed by atoms with Crippen LogP contribution in [0, 0.1) is 13.8 Å². The number of carbonyl (C=O) groups excluding carboxylic acids is 2. The largest absolute Gasteiger partial charge is 0.456 e. The fraction of sp³-hybridized carbons (Fsp3) is 0.192. The number of nitrogens with two attached hydrogens (primary N) is 1. The van der Waals surface area contributed by atoms with E-state index in [1.807, 2.05) is 62.4 Å². The van der Waals surface area contributed by atoms with Crippen LogP contribution in [0.1, 0.15) is 37.2 Å². The minimum absolute atomic E-state index is 0.147. The number of anilines is 1. The number of benzene rings is 2. The summed E-state index contributed by atoms with van der Waals surface area (Å²) in [7, 11) is 0. The Morgan fingerprint density at radius 3 is 2.70 bits per heavy atom. The summed E-state index contributed by atoms with van der Waals surface area (Å²) in [5.74, 6) is -1.03. The molecule has 4 aromatic rings. The zero-order chi connectivity index (χ0) is 23.4. The smallest absolute Gasteiger partial charge is 0.338 e. The van der Waals surface area contributed by atoms with Gasteiger partial charge in [0.2, 0.25) is 5.91 Å². The summed E-state index contributed by atoms with van der Waals surface area (Å²) in [5, 5.41) is 4.96. The van der Waals surface area contributed by atoms with Gasteiger partial charge in [0.1, 0.15) is 6.61 Å². The number of hydrogen-bond donors (Lipinski definition) is 2. The van der Waals surface area contributed by atoms with E-state index in [0.29, 0.717) is 11.3 Å². The third-order valence-corrected chi connectivity index (χ3v) is 6.61. The molecule has 0 radical (unpaired) electrons. The fourth-order valence-electron chi connectivity index (χ4n) is 3.66. The molecule has 0 aliphatic heterocycles. The van der Waals surface area contributed by atoms with Gasteiger partial charge in [-0.3, -0.25) is 9.78 Å². The fourth-order valence-corrected chi connectivity index (χ4v) is 4.70. The quantitative estimate of drug-likeness (QED) is 0.381. The number of nitrogens with zero attached hydrogens (tertiary/aromatic N) is 1. The van der Waals surface area contributed by atoms with E-state index in [-0.39, 0.29) is 25.0 Å². The second kappa shape index (κ2) is 9.94. The van der Waals surface area contributed by atoms with Crippen molar-refractivity contribution in [1.29, 1.82) is 0 Å². The maximum atomic E-state index is 12.9. The van der Waals surface area contributed by atoms with Crippen LogP contribution in [0.5, 0.6) is 0 Å². The second-order valence-electron chi connectivity index (χ2n) is 7.91. The number of thiophene rings is 1. The number of ether oxygens (including phenoxy) is 1. The highest BCUT2D eigenvalue weighted by Gasteiger charge is 2.22. The second-order valence-corrected chi connectivity index (χ2v) is 9.11. The minimum atomic E-state index is -0.494. The van der Waals surface area contributed by atoms with Crippen LogP contribution in [-0.2, 0) is 16.1 Å². The maximum Gasteiger partial charge on any atom is 0.338 e. The van der Waals surface area contributed by atoms with Gasteiger partial charge in [-0.1, -0.05) is 23.8 Å². The average Bonchev–Trinajstić information content (AvgIpc) is 3.26. The van der Waals surface area contributed by atoms with E-state index in [1.165, 1.54) is 11.3 Å². The lowest BCUT2D eigenvalue weighted by atomic mass is 10.1. The summed E-state index contributed by atoms with van der Waals surface area (Å²) in [6.45, 7) is 4.20. The number of pyridine rings is 1. The Kier molecular flexibility index (Phi) is 6.82. The molecule has 2 heterocycles. The zero-order valence-electron chi connectivity index (χ0n) is 18.5. The average molecular weight is 460 g/mol. The van der Waals surface area contributed by atoms with E-state index in [9.17, 15) is 9.59 Å². The third-order valence-electron chi connectivity index (χ3n) is 5.43. The molecule has 33 heavy (non-hydrogen) atoms. The van der Waals surface area contributed by atoms with E-state index >= 15 is 0 Å². The lowest BCUT2D eigenvalue weighted by Gasteiger charge is -2.14. The molecule has 0 spiro atoms. The van der Waals surface area contributed by atoms with Gasteiger partial charge < -0.3 is 15.8 Å². The Hall–Kier alpha value is -3.55. The van der Waals surface area contributed by atoms with Gasteiger partial charge in [0.25, 0.3) is 0 Å². The molecule has 7 heteroatoms. The van der Waals surface area contributed by atoms with Crippen molar-refractivity contribution in [1.82, 2.24) is 4.98 Å². The van der Waals surface area contributed by atoms with Crippen LogP contribution >= 0.6 is 11.3 Å². The SMILES string of the molecule is Cc1ccc(C(=O)OCc2ccc(C(CN)C(=O)Nc3ccc4cnccc4c3)s2)c(C)c1. The monoisotopic (exact) mass is 459 g/mol. The van der Waals surface area contributed by atoms with Gasteiger partial charge in [0.15, 0.2) is 0 Å². The molecule has 1 unspecified atom stereocenters. The number of hydrogen-bond acceptors (Lipinski definition) is 6. The van der Waals surface area contributed by atoms with E-state index < -0.39 is 5.92 Å². The van der Waals surface area contributed by atoms with E-state index in [4.69, 9.17) is 10.5 Å². The van der Waals surface area contributed by atoms with Crippen molar-refractivity contribution in [2.75, 3.05) is 11.9 Å². The predicted octanol–water partition coefficient (Wildman–Crippen LogP) is 4.95. The zero-order valence-corrected chi connectivity index (χ0v) is 19.3. The van der Waals surface area contributed by atoms with Crippen LogP contribution in [0.25, 0.3) is 10.8 Å². The summed E-state index contributed by atoms with van der Waals surface area (Å²) in [6.07, 6.45) is 3.50. The first kappa shape index (κ1) is 22.6. The van der Waals surface area contributed by atoms with Crippen LogP contribution in [0.3, 0.4) is 0 Å². The number of esters is 1. The number of aryl methyl sites for hydroxylation is 2. The van der Waals surface area contributed by atoms with Crippen molar-refractivity contribution in [2.45, 2.75) is 26.4 Å². The van der Waals surface area contributed by atoms with Crippen LogP contribution in [-0.4, -0.2) is 23.4 Å².